The second kappa shape index (κ2) is 9.65. The van der Waals surface area contributed by atoms with Crippen LogP contribution in [0.4, 0.5) is 5.69 Å². The molecule has 1 N–H and O–H groups in total. The first-order valence-corrected chi connectivity index (χ1v) is 8.95. The molecule has 1 aromatic carbocycles. The maximum atomic E-state index is 13.0. The first-order chi connectivity index (χ1) is 11.1. The van der Waals surface area contributed by atoms with Crippen LogP contribution in [0.2, 0.25) is 0 Å². The van der Waals surface area contributed by atoms with Gasteiger partial charge in [0.1, 0.15) is 0 Å². The van der Waals surface area contributed by atoms with Gasteiger partial charge in [0.15, 0.2) is 0 Å². The molecule has 142 valence electrons. The van der Waals surface area contributed by atoms with Crippen molar-refractivity contribution in [2.75, 3.05) is 32.0 Å². The van der Waals surface area contributed by atoms with Crippen LogP contribution in [-0.4, -0.2) is 54.5 Å². The summed E-state index contributed by atoms with van der Waals surface area (Å²) in [5, 5.41) is 3.42. The second-order valence-corrected chi connectivity index (χ2v) is 7.14. The number of piperidine rings is 1. The van der Waals surface area contributed by atoms with E-state index in [1.165, 1.54) is 5.56 Å². The second-order valence-electron chi connectivity index (χ2n) is 7.14. The summed E-state index contributed by atoms with van der Waals surface area (Å²) in [6.07, 6.45) is 4.26. The SMILES string of the molecule is CC(C)N1CCC(N(C)C(=O)c2cccc3c2CCCN3)CC1.Cl.Cl. The Morgan fingerprint density at radius 3 is 2.56 bits per heavy atom. The van der Waals surface area contributed by atoms with Gasteiger partial charge < -0.3 is 15.1 Å². The average Bonchev–Trinajstić information content (AvgIpc) is 2.60. The number of carbonyl (C=O) groups is 1. The Morgan fingerprint density at radius 2 is 1.92 bits per heavy atom. The van der Waals surface area contributed by atoms with Gasteiger partial charge in [0.05, 0.1) is 0 Å². The zero-order valence-corrected chi connectivity index (χ0v) is 17.1. The maximum absolute atomic E-state index is 13.0. The molecular formula is C19H31Cl2N3O. The first-order valence-electron chi connectivity index (χ1n) is 8.95. The van der Waals surface area contributed by atoms with Gasteiger partial charge in [0.2, 0.25) is 0 Å². The molecule has 1 amide bonds. The van der Waals surface area contributed by atoms with Crippen LogP contribution in [0.5, 0.6) is 0 Å². The standard InChI is InChI=1S/C19H29N3O.2ClH/c1-14(2)22-12-9-15(10-13-22)21(3)19(23)17-6-4-8-18-16(17)7-5-11-20-18;;/h4,6,8,14-15,20H,5,7,9-13H2,1-3H3;2*1H. The van der Waals surface area contributed by atoms with E-state index in [9.17, 15) is 4.79 Å². The minimum Gasteiger partial charge on any atom is -0.385 e. The number of benzene rings is 1. The predicted molar refractivity (Wildman–Crippen MR) is 110 cm³/mol. The number of hydrogen-bond donors (Lipinski definition) is 1. The number of nitrogens with zero attached hydrogens (tertiary/aromatic N) is 2. The number of carbonyl (C=O) groups excluding carboxylic acids is 1. The normalized spacial score (nSPS) is 17.8. The number of fused-ring (bicyclic) bond motifs is 1. The molecule has 1 fully saturated rings. The molecule has 0 radical (unpaired) electrons. The fourth-order valence-electron chi connectivity index (χ4n) is 3.86. The van der Waals surface area contributed by atoms with Gasteiger partial charge in [0.25, 0.3) is 5.91 Å². The molecule has 4 nitrogen and oxygen atoms in total. The van der Waals surface area contributed by atoms with Gasteiger partial charge in [-0.25, -0.2) is 0 Å². The Morgan fingerprint density at radius 1 is 1.24 bits per heavy atom. The van der Waals surface area contributed by atoms with Crippen molar-refractivity contribution in [3.8, 4) is 0 Å². The molecule has 0 aliphatic carbocycles. The third kappa shape index (κ3) is 4.81. The van der Waals surface area contributed by atoms with Crippen LogP contribution in [-0.2, 0) is 6.42 Å². The third-order valence-corrected chi connectivity index (χ3v) is 5.42. The summed E-state index contributed by atoms with van der Waals surface area (Å²) in [4.78, 5) is 17.5. The van der Waals surface area contributed by atoms with Crippen molar-refractivity contribution in [2.24, 2.45) is 0 Å². The van der Waals surface area contributed by atoms with E-state index >= 15 is 0 Å². The molecule has 2 aliphatic rings. The number of nitrogens with one attached hydrogen (secondary N) is 1. The van der Waals surface area contributed by atoms with Crippen LogP contribution >= 0.6 is 24.8 Å². The fourth-order valence-corrected chi connectivity index (χ4v) is 3.86. The lowest BCUT2D eigenvalue weighted by atomic mass is 9.95. The zero-order valence-electron chi connectivity index (χ0n) is 15.5. The molecule has 2 aliphatic heterocycles. The van der Waals surface area contributed by atoms with E-state index in [4.69, 9.17) is 0 Å². The molecule has 3 rings (SSSR count). The number of hydrogen-bond acceptors (Lipinski definition) is 3. The molecule has 0 unspecified atom stereocenters. The molecule has 1 saturated heterocycles. The Bertz CT molecular complexity index is 572. The van der Waals surface area contributed by atoms with Crippen molar-refractivity contribution < 1.29 is 4.79 Å². The summed E-state index contributed by atoms with van der Waals surface area (Å²) in [6.45, 7) is 7.69. The van der Waals surface area contributed by atoms with Crippen LogP contribution < -0.4 is 5.32 Å². The summed E-state index contributed by atoms with van der Waals surface area (Å²) in [6, 6.07) is 7.05. The molecule has 6 heteroatoms. The van der Waals surface area contributed by atoms with Gasteiger partial charge in [0, 0.05) is 50.0 Å². The minimum atomic E-state index is 0. The average molecular weight is 388 g/mol. The van der Waals surface area contributed by atoms with Crippen molar-refractivity contribution >= 4 is 36.4 Å². The lowest BCUT2D eigenvalue weighted by Gasteiger charge is -2.38. The van der Waals surface area contributed by atoms with Gasteiger partial charge in [-0.05, 0) is 57.2 Å². The number of halogens is 2. The van der Waals surface area contributed by atoms with Crippen LogP contribution in [0.3, 0.4) is 0 Å². The van der Waals surface area contributed by atoms with E-state index in [0.29, 0.717) is 12.1 Å². The number of likely N-dealkylation sites (tertiary alicyclic amines) is 1. The summed E-state index contributed by atoms with van der Waals surface area (Å²) in [5.74, 6) is 0.188. The Labute approximate surface area is 164 Å². The monoisotopic (exact) mass is 387 g/mol. The Hall–Kier alpha value is -0.970. The number of anilines is 1. The van der Waals surface area contributed by atoms with Crippen molar-refractivity contribution in [2.45, 2.75) is 51.6 Å². The van der Waals surface area contributed by atoms with Gasteiger partial charge in [-0.2, -0.15) is 0 Å². The smallest absolute Gasteiger partial charge is 0.254 e. The first kappa shape index (κ1) is 22.1. The third-order valence-electron chi connectivity index (χ3n) is 5.42. The van der Waals surface area contributed by atoms with Crippen molar-refractivity contribution in [1.29, 1.82) is 0 Å². The van der Waals surface area contributed by atoms with Crippen LogP contribution in [0, 0.1) is 0 Å². The van der Waals surface area contributed by atoms with E-state index in [1.54, 1.807) is 0 Å². The number of amides is 1. The molecule has 0 saturated carbocycles. The Balaban J connectivity index is 0.00000156. The zero-order chi connectivity index (χ0) is 16.4. The molecule has 25 heavy (non-hydrogen) atoms. The van der Waals surface area contributed by atoms with Crippen LogP contribution in [0.1, 0.15) is 49.0 Å². The molecular weight excluding hydrogens is 357 g/mol. The van der Waals surface area contributed by atoms with E-state index in [2.05, 4.69) is 30.1 Å². The highest BCUT2D eigenvalue weighted by Crippen LogP contribution is 2.27. The highest BCUT2D eigenvalue weighted by Gasteiger charge is 2.28. The van der Waals surface area contributed by atoms with E-state index in [1.807, 2.05) is 24.1 Å². The van der Waals surface area contributed by atoms with Gasteiger partial charge >= 0.3 is 0 Å². The fraction of sp³-hybridized carbons (Fsp3) is 0.632. The molecule has 1 aromatic rings. The molecule has 2 heterocycles. The topological polar surface area (TPSA) is 35.6 Å². The summed E-state index contributed by atoms with van der Waals surface area (Å²) in [5.41, 5.74) is 3.24. The highest BCUT2D eigenvalue weighted by molar-refractivity contribution is 5.97. The minimum absolute atomic E-state index is 0. The van der Waals surface area contributed by atoms with E-state index in [-0.39, 0.29) is 30.7 Å². The summed E-state index contributed by atoms with van der Waals surface area (Å²) < 4.78 is 0. The van der Waals surface area contributed by atoms with Crippen molar-refractivity contribution in [3.63, 3.8) is 0 Å². The highest BCUT2D eigenvalue weighted by atomic mass is 35.5. The molecule has 0 atom stereocenters. The van der Waals surface area contributed by atoms with Gasteiger partial charge in [-0.15, -0.1) is 24.8 Å². The lowest BCUT2D eigenvalue weighted by Crippen LogP contribution is -2.47. The Kier molecular flexibility index (Phi) is 8.52. The summed E-state index contributed by atoms with van der Waals surface area (Å²) >= 11 is 0. The van der Waals surface area contributed by atoms with Crippen molar-refractivity contribution in [1.82, 2.24) is 9.80 Å². The van der Waals surface area contributed by atoms with Crippen LogP contribution in [0.15, 0.2) is 18.2 Å². The summed E-state index contributed by atoms with van der Waals surface area (Å²) in [7, 11) is 1.98. The quantitative estimate of drug-likeness (QED) is 0.855. The number of rotatable bonds is 3. The molecule has 0 aromatic heterocycles. The largest absolute Gasteiger partial charge is 0.385 e. The maximum Gasteiger partial charge on any atom is 0.254 e. The molecule has 0 spiro atoms. The van der Waals surface area contributed by atoms with E-state index in [0.717, 1.165) is 56.6 Å². The van der Waals surface area contributed by atoms with Gasteiger partial charge in [-0.3, -0.25) is 4.79 Å². The predicted octanol–water partition coefficient (Wildman–Crippen LogP) is 3.83. The van der Waals surface area contributed by atoms with Crippen molar-refractivity contribution in [3.05, 3.63) is 29.3 Å². The molecule has 0 bridgehead atoms. The van der Waals surface area contributed by atoms with E-state index < -0.39 is 0 Å². The lowest BCUT2D eigenvalue weighted by molar-refractivity contribution is 0.0614. The van der Waals surface area contributed by atoms with Gasteiger partial charge in [-0.1, -0.05) is 6.07 Å². The van der Waals surface area contributed by atoms with Crippen LogP contribution in [0.25, 0.3) is 0 Å².